The molecule has 0 N–H and O–H groups in total. The predicted octanol–water partition coefficient (Wildman–Crippen LogP) is 1.91. The molecular weight excluding hydrogens is 220 g/mol. The van der Waals surface area contributed by atoms with E-state index >= 15 is 0 Å². The van der Waals surface area contributed by atoms with Crippen molar-refractivity contribution < 1.29 is 9.53 Å². The molecule has 1 heterocycles. The summed E-state index contributed by atoms with van der Waals surface area (Å²) in [6.07, 6.45) is 0.717. The number of benzene rings is 1. The van der Waals surface area contributed by atoms with Crippen molar-refractivity contribution in [3.8, 4) is 5.75 Å². The average Bonchev–Trinajstić information content (AvgIpc) is 2.07. The number of carbonyl (C=O) groups is 1. The summed E-state index contributed by atoms with van der Waals surface area (Å²) in [6.45, 7) is 0. The highest BCUT2D eigenvalue weighted by Crippen LogP contribution is 2.27. The van der Waals surface area contributed by atoms with Gasteiger partial charge in [0.15, 0.2) is 0 Å². The van der Waals surface area contributed by atoms with Gasteiger partial charge in [-0.1, -0.05) is 34.1 Å². The normalized spacial score (nSPS) is 21.4. The Balaban J connectivity index is 2.40. The van der Waals surface area contributed by atoms with E-state index in [1.807, 2.05) is 24.3 Å². The van der Waals surface area contributed by atoms with Crippen LogP contribution in [0, 0.1) is 0 Å². The zero-order valence-corrected chi connectivity index (χ0v) is 7.87. The molecule has 0 saturated heterocycles. The lowest BCUT2D eigenvalue weighted by Gasteiger charge is -2.18. The van der Waals surface area contributed by atoms with Gasteiger partial charge in [0.1, 0.15) is 10.6 Å². The maximum Gasteiger partial charge on any atom is 0.325 e. The van der Waals surface area contributed by atoms with Crippen LogP contribution in [0.3, 0.4) is 0 Å². The maximum atomic E-state index is 11.1. The van der Waals surface area contributed by atoms with Gasteiger partial charge in [-0.05, 0) is 18.1 Å². The van der Waals surface area contributed by atoms with Crippen LogP contribution in [0.15, 0.2) is 24.3 Å². The van der Waals surface area contributed by atoms with Crippen LogP contribution in [0.25, 0.3) is 0 Å². The first-order valence-electron chi connectivity index (χ1n) is 3.71. The number of halogens is 1. The van der Waals surface area contributed by atoms with Crippen molar-refractivity contribution in [2.45, 2.75) is 11.2 Å². The second kappa shape index (κ2) is 2.90. The van der Waals surface area contributed by atoms with Crippen molar-refractivity contribution in [3.63, 3.8) is 0 Å². The van der Waals surface area contributed by atoms with Crippen LogP contribution in [-0.2, 0) is 11.2 Å². The third kappa shape index (κ3) is 1.25. The highest BCUT2D eigenvalue weighted by molar-refractivity contribution is 9.10. The number of hydrogen-bond acceptors (Lipinski definition) is 2. The molecule has 0 radical (unpaired) electrons. The van der Waals surface area contributed by atoms with E-state index in [0.29, 0.717) is 5.75 Å². The van der Waals surface area contributed by atoms with Crippen molar-refractivity contribution >= 4 is 21.9 Å². The average molecular weight is 227 g/mol. The van der Waals surface area contributed by atoms with E-state index in [2.05, 4.69) is 15.9 Å². The SMILES string of the molecule is O=C1Oc2ccccc2CC1Br. The molecule has 2 nitrogen and oxygen atoms in total. The van der Waals surface area contributed by atoms with E-state index in [0.717, 1.165) is 12.0 Å². The summed E-state index contributed by atoms with van der Waals surface area (Å²) in [6, 6.07) is 7.58. The summed E-state index contributed by atoms with van der Waals surface area (Å²) in [5.41, 5.74) is 1.08. The second-order valence-electron chi connectivity index (χ2n) is 2.70. The molecule has 0 saturated carbocycles. The fourth-order valence-corrected chi connectivity index (χ4v) is 1.66. The first-order chi connectivity index (χ1) is 5.77. The van der Waals surface area contributed by atoms with Gasteiger partial charge in [0.2, 0.25) is 0 Å². The molecular formula is C9H7BrO2. The minimum Gasteiger partial charge on any atom is -0.425 e. The van der Waals surface area contributed by atoms with Crippen LogP contribution >= 0.6 is 15.9 Å². The molecule has 2 rings (SSSR count). The highest BCUT2D eigenvalue weighted by Gasteiger charge is 2.25. The molecule has 1 aromatic rings. The number of esters is 1. The number of fused-ring (bicyclic) bond motifs is 1. The highest BCUT2D eigenvalue weighted by atomic mass is 79.9. The fourth-order valence-electron chi connectivity index (χ4n) is 1.22. The molecule has 0 spiro atoms. The third-order valence-electron chi connectivity index (χ3n) is 1.84. The van der Waals surface area contributed by atoms with Gasteiger partial charge in [0.25, 0.3) is 0 Å². The van der Waals surface area contributed by atoms with Crippen molar-refractivity contribution in [2.75, 3.05) is 0 Å². The Bertz CT molecular complexity index is 322. The molecule has 0 fully saturated rings. The second-order valence-corrected chi connectivity index (χ2v) is 3.81. The summed E-state index contributed by atoms with van der Waals surface area (Å²) in [5.74, 6) is 0.493. The summed E-state index contributed by atoms with van der Waals surface area (Å²) >= 11 is 3.25. The Kier molecular flexibility index (Phi) is 1.89. The largest absolute Gasteiger partial charge is 0.425 e. The molecule has 0 bridgehead atoms. The molecule has 62 valence electrons. The number of carbonyl (C=O) groups excluding carboxylic acids is 1. The van der Waals surface area contributed by atoms with Crippen LogP contribution in [0.1, 0.15) is 5.56 Å². The maximum absolute atomic E-state index is 11.1. The van der Waals surface area contributed by atoms with E-state index < -0.39 is 0 Å². The first-order valence-corrected chi connectivity index (χ1v) is 4.62. The lowest BCUT2D eigenvalue weighted by molar-refractivity contribution is -0.134. The molecule has 0 aliphatic carbocycles. The third-order valence-corrected chi connectivity index (χ3v) is 2.54. The Hall–Kier alpha value is -0.830. The molecule has 1 unspecified atom stereocenters. The number of para-hydroxylation sites is 1. The minimum absolute atomic E-state index is 0.188. The fraction of sp³-hybridized carbons (Fsp3) is 0.222. The van der Waals surface area contributed by atoms with Gasteiger partial charge < -0.3 is 4.74 Å². The molecule has 0 aromatic heterocycles. The molecule has 1 aliphatic heterocycles. The monoisotopic (exact) mass is 226 g/mol. The molecule has 1 atom stereocenters. The molecule has 1 aliphatic rings. The summed E-state index contributed by atoms with van der Waals surface area (Å²) in [4.78, 5) is 10.9. The van der Waals surface area contributed by atoms with Crippen LogP contribution in [0.4, 0.5) is 0 Å². The summed E-state index contributed by atoms with van der Waals surface area (Å²) < 4.78 is 5.06. The van der Waals surface area contributed by atoms with Gasteiger partial charge in [-0.15, -0.1) is 0 Å². The van der Waals surface area contributed by atoms with Crippen molar-refractivity contribution in [1.29, 1.82) is 0 Å². The molecule has 1 aromatic carbocycles. The predicted molar refractivity (Wildman–Crippen MR) is 48.5 cm³/mol. The van der Waals surface area contributed by atoms with Crippen LogP contribution in [0.5, 0.6) is 5.75 Å². The van der Waals surface area contributed by atoms with E-state index in [1.54, 1.807) is 0 Å². The zero-order chi connectivity index (χ0) is 8.55. The molecule has 3 heteroatoms. The Labute approximate surface area is 78.7 Å². The van der Waals surface area contributed by atoms with Crippen molar-refractivity contribution in [3.05, 3.63) is 29.8 Å². The summed E-state index contributed by atoms with van der Waals surface area (Å²) in [7, 11) is 0. The smallest absolute Gasteiger partial charge is 0.325 e. The van der Waals surface area contributed by atoms with Gasteiger partial charge in [-0.25, -0.2) is 0 Å². The Morgan fingerprint density at radius 3 is 3.00 bits per heavy atom. The van der Waals surface area contributed by atoms with Gasteiger partial charge in [-0.3, -0.25) is 4.79 Å². The van der Waals surface area contributed by atoms with Crippen molar-refractivity contribution in [2.24, 2.45) is 0 Å². The Morgan fingerprint density at radius 2 is 2.17 bits per heavy atom. The van der Waals surface area contributed by atoms with E-state index in [1.165, 1.54) is 0 Å². The minimum atomic E-state index is -0.200. The summed E-state index contributed by atoms with van der Waals surface area (Å²) in [5, 5.41) is 0. The first kappa shape index (κ1) is 7.80. The quantitative estimate of drug-likeness (QED) is 0.384. The lowest BCUT2D eigenvalue weighted by Crippen LogP contribution is -2.27. The van der Waals surface area contributed by atoms with Gasteiger partial charge >= 0.3 is 5.97 Å². The van der Waals surface area contributed by atoms with E-state index in [4.69, 9.17) is 4.74 Å². The topological polar surface area (TPSA) is 26.3 Å². The van der Waals surface area contributed by atoms with Crippen LogP contribution < -0.4 is 4.74 Å². The number of alkyl halides is 1. The van der Waals surface area contributed by atoms with Crippen molar-refractivity contribution in [1.82, 2.24) is 0 Å². The van der Waals surface area contributed by atoms with Crippen LogP contribution in [-0.4, -0.2) is 10.8 Å². The van der Waals surface area contributed by atoms with Gasteiger partial charge in [0.05, 0.1) is 0 Å². The number of rotatable bonds is 0. The Morgan fingerprint density at radius 1 is 1.42 bits per heavy atom. The standard InChI is InChI=1S/C9H7BrO2/c10-7-5-6-3-1-2-4-8(6)12-9(7)11/h1-4,7H,5H2. The number of ether oxygens (including phenoxy) is 1. The molecule has 12 heavy (non-hydrogen) atoms. The molecule has 0 amide bonds. The number of hydrogen-bond donors (Lipinski definition) is 0. The van der Waals surface area contributed by atoms with Gasteiger partial charge in [0, 0.05) is 0 Å². The van der Waals surface area contributed by atoms with E-state index in [-0.39, 0.29) is 10.8 Å². The van der Waals surface area contributed by atoms with Crippen LogP contribution in [0.2, 0.25) is 0 Å². The van der Waals surface area contributed by atoms with Gasteiger partial charge in [-0.2, -0.15) is 0 Å². The lowest BCUT2D eigenvalue weighted by atomic mass is 10.1. The zero-order valence-electron chi connectivity index (χ0n) is 6.29. The van der Waals surface area contributed by atoms with E-state index in [9.17, 15) is 4.79 Å².